The maximum absolute atomic E-state index is 11.4. The zero-order chi connectivity index (χ0) is 15.5. The third kappa shape index (κ3) is 5.70. The zero-order valence-electron chi connectivity index (χ0n) is 13.4. The molecule has 1 aromatic rings. The molecule has 1 atom stereocenters. The van der Waals surface area contributed by atoms with E-state index in [1.54, 1.807) is 0 Å². The lowest BCUT2D eigenvalue weighted by Gasteiger charge is -2.35. The first-order chi connectivity index (χ1) is 9.73. The average molecular weight is 309 g/mol. The van der Waals surface area contributed by atoms with Gasteiger partial charge < -0.3 is 5.32 Å². The summed E-state index contributed by atoms with van der Waals surface area (Å²) in [6.45, 7) is 5.68. The normalized spacial score (nSPS) is 22.0. The van der Waals surface area contributed by atoms with Crippen LogP contribution in [0.5, 0.6) is 0 Å². The second kappa shape index (κ2) is 6.39. The predicted molar refractivity (Wildman–Crippen MR) is 89.2 cm³/mol. The molecule has 0 saturated heterocycles. The fourth-order valence-corrected chi connectivity index (χ4v) is 4.15. The molecular weight excluding hydrogens is 282 g/mol. The van der Waals surface area contributed by atoms with Crippen molar-refractivity contribution in [3.8, 4) is 0 Å². The van der Waals surface area contributed by atoms with Crippen LogP contribution >= 0.6 is 0 Å². The van der Waals surface area contributed by atoms with Gasteiger partial charge in [0.1, 0.15) is 0 Å². The largest absolute Gasteiger partial charge is 0.385 e. The quantitative estimate of drug-likeness (QED) is 0.898. The highest BCUT2D eigenvalue weighted by atomic mass is 32.2. The van der Waals surface area contributed by atoms with Gasteiger partial charge in [-0.3, -0.25) is 0 Å². The summed E-state index contributed by atoms with van der Waals surface area (Å²) in [5.74, 6) is 0.825. The van der Waals surface area contributed by atoms with Crippen LogP contribution < -0.4 is 5.32 Å². The lowest BCUT2D eigenvalue weighted by atomic mass is 9.72. The van der Waals surface area contributed by atoms with E-state index in [2.05, 4.69) is 19.2 Å². The Labute approximate surface area is 129 Å². The molecule has 0 aliphatic heterocycles. The van der Waals surface area contributed by atoms with Crippen molar-refractivity contribution in [1.82, 2.24) is 0 Å². The monoisotopic (exact) mass is 309 g/mol. The van der Waals surface area contributed by atoms with Crippen molar-refractivity contribution in [3.05, 3.63) is 29.8 Å². The van der Waals surface area contributed by atoms with E-state index in [0.717, 1.165) is 17.8 Å². The number of rotatable bonds is 5. The fraction of sp³-hybridized carbons (Fsp3) is 0.647. The molecule has 0 heterocycles. The van der Waals surface area contributed by atoms with Gasteiger partial charge in [-0.25, -0.2) is 8.42 Å². The Bertz CT molecular complexity index is 578. The second-order valence-corrected chi connectivity index (χ2v) is 9.42. The molecule has 1 unspecified atom stereocenters. The van der Waals surface area contributed by atoms with Crippen LogP contribution in [-0.4, -0.2) is 21.2 Å². The SMILES string of the molecule is CC1(C)CCCC(CNc2cccc(CS(C)(=O)=O)c2)C1. The van der Waals surface area contributed by atoms with Gasteiger partial charge in [-0.05, 0) is 48.3 Å². The Kier molecular flexibility index (Phi) is 4.97. The van der Waals surface area contributed by atoms with Crippen molar-refractivity contribution in [3.63, 3.8) is 0 Å². The molecule has 0 amide bonds. The number of hydrogen-bond donors (Lipinski definition) is 1. The van der Waals surface area contributed by atoms with Gasteiger partial charge in [-0.2, -0.15) is 0 Å². The summed E-state index contributed by atoms with van der Waals surface area (Å²) >= 11 is 0. The zero-order valence-corrected chi connectivity index (χ0v) is 14.2. The van der Waals surface area contributed by atoms with Gasteiger partial charge in [0.2, 0.25) is 0 Å². The number of hydrogen-bond acceptors (Lipinski definition) is 3. The van der Waals surface area contributed by atoms with Gasteiger partial charge in [0, 0.05) is 18.5 Å². The Balaban J connectivity index is 1.93. The smallest absolute Gasteiger partial charge is 0.151 e. The molecule has 1 fully saturated rings. The van der Waals surface area contributed by atoms with E-state index in [0.29, 0.717) is 11.3 Å². The van der Waals surface area contributed by atoms with E-state index in [9.17, 15) is 8.42 Å². The number of sulfone groups is 1. The van der Waals surface area contributed by atoms with Crippen LogP contribution in [0, 0.1) is 11.3 Å². The predicted octanol–water partition coefficient (Wildman–Crippen LogP) is 3.86. The molecule has 118 valence electrons. The minimum absolute atomic E-state index is 0.110. The van der Waals surface area contributed by atoms with E-state index in [4.69, 9.17) is 0 Å². The number of anilines is 1. The van der Waals surface area contributed by atoms with E-state index < -0.39 is 9.84 Å². The highest BCUT2D eigenvalue weighted by molar-refractivity contribution is 7.89. The molecule has 0 radical (unpaired) electrons. The Morgan fingerprint density at radius 2 is 2.10 bits per heavy atom. The molecule has 0 bridgehead atoms. The summed E-state index contributed by atoms with van der Waals surface area (Å²) in [6.07, 6.45) is 6.47. The summed E-state index contributed by atoms with van der Waals surface area (Å²) < 4.78 is 22.7. The van der Waals surface area contributed by atoms with Crippen LogP contribution in [0.3, 0.4) is 0 Å². The van der Waals surface area contributed by atoms with Crippen LogP contribution in [-0.2, 0) is 15.6 Å². The molecule has 0 spiro atoms. The van der Waals surface area contributed by atoms with Crippen LogP contribution in [0.1, 0.15) is 45.1 Å². The average Bonchev–Trinajstić information content (AvgIpc) is 2.34. The molecule has 1 aliphatic carbocycles. The van der Waals surface area contributed by atoms with Crippen molar-refractivity contribution >= 4 is 15.5 Å². The number of benzene rings is 1. The molecule has 0 aromatic heterocycles. The Hall–Kier alpha value is -1.03. The van der Waals surface area contributed by atoms with Crippen molar-refractivity contribution in [2.75, 3.05) is 18.1 Å². The number of nitrogens with one attached hydrogen (secondary N) is 1. The lowest BCUT2D eigenvalue weighted by molar-refractivity contribution is 0.187. The third-order valence-corrected chi connectivity index (χ3v) is 5.12. The molecule has 3 nitrogen and oxygen atoms in total. The lowest BCUT2D eigenvalue weighted by Crippen LogP contribution is -2.27. The van der Waals surface area contributed by atoms with Crippen molar-refractivity contribution in [2.45, 2.75) is 45.3 Å². The molecule has 1 aromatic carbocycles. The van der Waals surface area contributed by atoms with Crippen LogP contribution in [0.15, 0.2) is 24.3 Å². The van der Waals surface area contributed by atoms with Gasteiger partial charge in [-0.15, -0.1) is 0 Å². The van der Waals surface area contributed by atoms with Crippen LogP contribution in [0.2, 0.25) is 0 Å². The Morgan fingerprint density at radius 3 is 2.76 bits per heavy atom. The Morgan fingerprint density at radius 1 is 1.33 bits per heavy atom. The summed E-state index contributed by atoms with van der Waals surface area (Å²) in [6, 6.07) is 7.76. The molecule has 1 aliphatic rings. The van der Waals surface area contributed by atoms with Crippen LogP contribution in [0.4, 0.5) is 5.69 Å². The first-order valence-corrected chi connectivity index (χ1v) is 9.80. The van der Waals surface area contributed by atoms with Crippen molar-refractivity contribution < 1.29 is 8.42 Å². The van der Waals surface area contributed by atoms with Gasteiger partial charge in [0.05, 0.1) is 5.75 Å². The molecule has 4 heteroatoms. The third-order valence-electron chi connectivity index (χ3n) is 4.26. The van der Waals surface area contributed by atoms with Crippen LogP contribution in [0.25, 0.3) is 0 Å². The minimum Gasteiger partial charge on any atom is -0.385 e. The van der Waals surface area contributed by atoms with Gasteiger partial charge in [-0.1, -0.05) is 32.4 Å². The first kappa shape index (κ1) is 16.3. The standard InChI is InChI=1S/C17H27NO2S/c1-17(2)9-5-7-15(11-17)12-18-16-8-4-6-14(10-16)13-21(3,19)20/h4,6,8,10,15,18H,5,7,9,11-13H2,1-3H3. The van der Waals surface area contributed by atoms with E-state index in [1.165, 1.54) is 31.9 Å². The molecule has 1 saturated carbocycles. The first-order valence-electron chi connectivity index (χ1n) is 7.74. The van der Waals surface area contributed by atoms with Crippen molar-refractivity contribution in [2.24, 2.45) is 11.3 Å². The fourth-order valence-electron chi connectivity index (χ4n) is 3.37. The van der Waals surface area contributed by atoms with E-state index in [-0.39, 0.29) is 5.75 Å². The summed E-state index contributed by atoms with van der Waals surface area (Å²) in [5.41, 5.74) is 2.34. The summed E-state index contributed by atoms with van der Waals surface area (Å²) in [7, 11) is -2.97. The summed E-state index contributed by atoms with van der Waals surface area (Å²) in [5, 5.41) is 3.48. The minimum atomic E-state index is -2.97. The maximum Gasteiger partial charge on any atom is 0.151 e. The van der Waals surface area contributed by atoms with Gasteiger partial charge in [0.15, 0.2) is 9.84 Å². The van der Waals surface area contributed by atoms with E-state index in [1.807, 2.05) is 24.3 Å². The molecule has 21 heavy (non-hydrogen) atoms. The molecular formula is C17H27NO2S. The van der Waals surface area contributed by atoms with Gasteiger partial charge >= 0.3 is 0 Å². The summed E-state index contributed by atoms with van der Waals surface area (Å²) in [4.78, 5) is 0. The van der Waals surface area contributed by atoms with E-state index >= 15 is 0 Å². The van der Waals surface area contributed by atoms with Gasteiger partial charge in [0.25, 0.3) is 0 Å². The molecule has 1 N–H and O–H groups in total. The highest BCUT2D eigenvalue weighted by Crippen LogP contribution is 2.38. The maximum atomic E-state index is 11.4. The topological polar surface area (TPSA) is 46.2 Å². The molecule has 2 rings (SSSR count). The van der Waals surface area contributed by atoms with Crippen molar-refractivity contribution in [1.29, 1.82) is 0 Å². The second-order valence-electron chi connectivity index (χ2n) is 7.28. The highest BCUT2D eigenvalue weighted by Gasteiger charge is 2.27.